The van der Waals surface area contributed by atoms with E-state index in [2.05, 4.69) is 15.5 Å². The van der Waals surface area contributed by atoms with Gasteiger partial charge in [-0.15, -0.1) is 10.2 Å². The lowest BCUT2D eigenvalue weighted by Crippen LogP contribution is -2.12. The minimum absolute atomic E-state index is 0.227. The van der Waals surface area contributed by atoms with Gasteiger partial charge in [-0.05, 0) is 6.92 Å². The van der Waals surface area contributed by atoms with Crippen molar-refractivity contribution in [1.82, 2.24) is 10.2 Å². The number of esters is 1. The standard InChI is InChI=1S/C9H11N3O4S2/c1-2-15-8(14)10-7-11-12-9(18-7)17-5-3-4-16-6(5)13/h5H,2-4H2,1H3,(H,10,11,14). The molecule has 1 N–H and O–H groups in total. The van der Waals surface area contributed by atoms with E-state index in [9.17, 15) is 9.59 Å². The van der Waals surface area contributed by atoms with Gasteiger partial charge < -0.3 is 9.47 Å². The number of hydrogen-bond donors (Lipinski definition) is 1. The molecule has 1 aromatic rings. The van der Waals surface area contributed by atoms with Gasteiger partial charge in [0.2, 0.25) is 5.13 Å². The second-order valence-electron chi connectivity index (χ2n) is 3.28. The number of nitrogens with one attached hydrogen (secondary N) is 1. The minimum atomic E-state index is -0.564. The Labute approximate surface area is 111 Å². The predicted molar refractivity (Wildman–Crippen MR) is 65.8 cm³/mol. The van der Waals surface area contributed by atoms with Gasteiger partial charge in [0.1, 0.15) is 5.25 Å². The minimum Gasteiger partial charge on any atom is -0.465 e. The fraction of sp³-hybridized carbons (Fsp3) is 0.556. The molecule has 0 spiro atoms. The van der Waals surface area contributed by atoms with E-state index in [0.29, 0.717) is 29.1 Å². The molecule has 1 saturated heterocycles. The molecule has 1 unspecified atom stereocenters. The highest BCUT2D eigenvalue weighted by Crippen LogP contribution is 2.32. The van der Waals surface area contributed by atoms with E-state index in [4.69, 9.17) is 9.47 Å². The average Bonchev–Trinajstić information content (AvgIpc) is 2.90. The number of cyclic esters (lactones) is 1. The molecule has 2 rings (SSSR count). The van der Waals surface area contributed by atoms with Crippen LogP contribution in [0.25, 0.3) is 0 Å². The molecule has 1 aliphatic heterocycles. The van der Waals surface area contributed by atoms with Crippen molar-refractivity contribution in [2.45, 2.75) is 22.9 Å². The number of anilines is 1. The summed E-state index contributed by atoms with van der Waals surface area (Å²) in [6, 6.07) is 0. The van der Waals surface area contributed by atoms with Crippen LogP contribution in [-0.2, 0) is 14.3 Å². The molecular weight excluding hydrogens is 278 g/mol. The maximum absolute atomic E-state index is 11.3. The van der Waals surface area contributed by atoms with Gasteiger partial charge in [-0.1, -0.05) is 23.1 Å². The highest BCUT2D eigenvalue weighted by atomic mass is 32.2. The van der Waals surface area contributed by atoms with E-state index in [1.165, 1.54) is 23.1 Å². The van der Waals surface area contributed by atoms with Gasteiger partial charge in [0.15, 0.2) is 4.34 Å². The van der Waals surface area contributed by atoms with Crippen LogP contribution in [0.2, 0.25) is 0 Å². The molecule has 1 amide bonds. The van der Waals surface area contributed by atoms with Gasteiger partial charge in [-0.3, -0.25) is 10.1 Å². The molecular formula is C9H11N3O4S2. The van der Waals surface area contributed by atoms with Crippen molar-refractivity contribution in [2.24, 2.45) is 0 Å². The van der Waals surface area contributed by atoms with Crippen LogP contribution in [0.1, 0.15) is 13.3 Å². The van der Waals surface area contributed by atoms with Gasteiger partial charge in [0, 0.05) is 6.42 Å². The zero-order chi connectivity index (χ0) is 13.0. The van der Waals surface area contributed by atoms with Crippen LogP contribution in [-0.4, -0.2) is 40.7 Å². The monoisotopic (exact) mass is 289 g/mol. The molecule has 7 nitrogen and oxygen atoms in total. The number of nitrogens with zero attached hydrogens (tertiary/aromatic N) is 2. The van der Waals surface area contributed by atoms with Crippen molar-refractivity contribution in [3.63, 3.8) is 0 Å². The molecule has 0 aliphatic carbocycles. The molecule has 0 aromatic carbocycles. The molecule has 0 saturated carbocycles. The first-order valence-corrected chi connectivity index (χ1v) is 6.99. The summed E-state index contributed by atoms with van der Waals surface area (Å²) >= 11 is 2.50. The zero-order valence-corrected chi connectivity index (χ0v) is 11.2. The number of carbonyl (C=O) groups is 2. The summed E-state index contributed by atoms with van der Waals surface area (Å²) < 4.78 is 10.2. The number of amides is 1. The van der Waals surface area contributed by atoms with Gasteiger partial charge in [0.25, 0.3) is 0 Å². The van der Waals surface area contributed by atoms with Crippen molar-refractivity contribution in [3.05, 3.63) is 0 Å². The van der Waals surface area contributed by atoms with Crippen LogP contribution < -0.4 is 5.32 Å². The quantitative estimate of drug-likeness (QED) is 0.663. The molecule has 1 aliphatic rings. The summed E-state index contributed by atoms with van der Waals surface area (Å²) in [5.74, 6) is -0.227. The Morgan fingerprint density at radius 2 is 2.50 bits per heavy atom. The number of rotatable bonds is 4. The smallest absolute Gasteiger partial charge is 0.413 e. The van der Waals surface area contributed by atoms with Crippen LogP contribution in [0.5, 0.6) is 0 Å². The van der Waals surface area contributed by atoms with Crippen molar-refractivity contribution in [1.29, 1.82) is 0 Å². The van der Waals surface area contributed by atoms with Crippen LogP contribution in [0, 0.1) is 0 Å². The summed E-state index contributed by atoms with van der Waals surface area (Å²) in [5.41, 5.74) is 0. The van der Waals surface area contributed by atoms with E-state index in [1.807, 2.05) is 0 Å². The molecule has 9 heteroatoms. The van der Waals surface area contributed by atoms with Crippen LogP contribution in [0.4, 0.5) is 9.93 Å². The number of aromatic nitrogens is 2. The summed E-state index contributed by atoms with van der Waals surface area (Å²) in [4.78, 5) is 22.4. The Kier molecular flexibility index (Phi) is 4.37. The van der Waals surface area contributed by atoms with Crippen LogP contribution in [0.15, 0.2) is 4.34 Å². The highest BCUT2D eigenvalue weighted by molar-refractivity contribution is 8.02. The summed E-state index contributed by atoms with van der Waals surface area (Å²) in [7, 11) is 0. The van der Waals surface area contributed by atoms with Gasteiger partial charge in [-0.2, -0.15) is 0 Å². The van der Waals surface area contributed by atoms with E-state index >= 15 is 0 Å². The topological polar surface area (TPSA) is 90.4 Å². The molecule has 0 radical (unpaired) electrons. The zero-order valence-electron chi connectivity index (χ0n) is 9.54. The number of hydrogen-bond acceptors (Lipinski definition) is 8. The summed E-state index contributed by atoms with van der Waals surface area (Å²) in [6.45, 7) is 2.45. The Morgan fingerprint density at radius 1 is 1.67 bits per heavy atom. The molecule has 98 valence electrons. The third-order valence-electron chi connectivity index (χ3n) is 2.02. The maximum Gasteiger partial charge on any atom is 0.413 e. The van der Waals surface area contributed by atoms with Crippen molar-refractivity contribution in [2.75, 3.05) is 18.5 Å². The second-order valence-corrected chi connectivity index (χ2v) is 5.71. The summed E-state index contributed by atoms with van der Waals surface area (Å²) in [6.07, 6.45) is 0.106. The first kappa shape index (κ1) is 13.1. The normalized spacial score (nSPS) is 18.5. The van der Waals surface area contributed by atoms with Crippen LogP contribution in [0.3, 0.4) is 0 Å². The fourth-order valence-electron chi connectivity index (χ4n) is 1.27. The summed E-state index contributed by atoms with van der Waals surface area (Å²) in [5, 5.41) is 10.2. The largest absolute Gasteiger partial charge is 0.465 e. The molecule has 1 aromatic heterocycles. The Morgan fingerprint density at radius 3 is 3.17 bits per heavy atom. The van der Waals surface area contributed by atoms with Crippen LogP contribution >= 0.6 is 23.1 Å². The average molecular weight is 289 g/mol. The van der Waals surface area contributed by atoms with Gasteiger partial charge in [-0.25, -0.2) is 4.79 Å². The Balaban J connectivity index is 1.89. The van der Waals surface area contributed by atoms with Crippen molar-refractivity contribution >= 4 is 40.3 Å². The molecule has 1 atom stereocenters. The molecule has 1 fully saturated rings. The van der Waals surface area contributed by atoms with Crippen molar-refractivity contribution in [3.8, 4) is 0 Å². The highest BCUT2D eigenvalue weighted by Gasteiger charge is 2.28. The number of ether oxygens (including phenoxy) is 2. The SMILES string of the molecule is CCOC(=O)Nc1nnc(SC2CCOC2=O)s1. The third-order valence-corrected chi connectivity index (χ3v) is 4.19. The lowest BCUT2D eigenvalue weighted by atomic mass is 10.4. The Bertz CT molecular complexity index is 451. The lowest BCUT2D eigenvalue weighted by Gasteiger charge is -2.00. The van der Waals surface area contributed by atoms with E-state index in [1.54, 1.807) is 6.92 Å². The first-order chi connectivity index (χ1) is 8.69. The molecule has 2 heterocycles. The lowest BCUT2D eigenvalue weighted by molar-refractivity contribution is -0.137. The predicted octanol–water partition coefficient (Wildman–Crippen LogP) is 1.51. The second kappa shape index (κ2) is 6.01. The Hall–Kier alpha value is -1.35. The van der Waals surface area contributed by atoms with Crippen molar-refractivity contribution < 1.29 is 19.1 Å². The number of carbonyl (C=O) groups excluding carboxylic acids is 2. The van der Waals surface area contributed by atoms with E-state index < -0.39 is 6.09 Å². The van der Waals surface area contributed by atoms with Gasteiger partial charge in [0.05, 0.1) is 13.2 Å². The fourth-order valence-corrected chi connectivity index (χ4v) is 3.22. The molecule has 18 heavy (non-hydrogen) atoms. The number of thioether (sulfide) groups is 1. The van der Waals surface area contributed by atoms with Gasteiger partial charge >= 0.3 is 12.1 Å². The van der Waals surface area contributed by atoms with E-state index in [-0.39, 0.29) is 11.2 Å². The van der Waals surface area contributed by atoms with E-state index in [0.717, 1.165) is 0 Å². The maximum atomic E-state index is 11.3. The first-order valence-electron chi connectivity index (χ1n) is 5.29. The third kappa shape index (κ3) is 3.33. The molecule has 0 bridgehead atoms.